The zero-order valence-electron chi connectivity index (χ0n) is 34.5. The van der Waals surface area contributed by atoms with Gasteiger partial charge in [0.2, 0.25) is 0 Å². The van der Waals surface area contributed by atoms with Crippen molar-refractivity contribution in [3.8, 4) is 73.6 Å². The quantitative estimate of drug-likeness (QED) is 0.0633. The van der Waals surface area contributed by atoms with Crippen molar-refractivity contribution in [3.05, 3.63) is 140 Å². The molecule has 300 valence electrons. The molecule has 7 aromatic rings. The lowest BCUT2D eigenvalue weighted by Gasteiger charge is -2.15. The minimum atomic E-state index is 0.657. The molecule has 0 N–H and O–H groups in total. The lowest BCUT2D eigenvalue weighted by Crippen LogP contribution is -1.99. The molecule has 59 heavy (non-hydrogen) atoms. The van der Waals surface area contributed by atoms with Crippen molar-refractivity contribution in [1.82, 2.24) is 29.9 Å². The van der Waals surface area contributed by atoms with E-state index in [9.17, 15) is 0 Å². The third-order valence-corrected chi connectivity index (χ3v) is 10.7. The predicted molar refractivity (Wildman–Crippen MR) is 242 cm³/mol. The van der Waals surface area contributed by atoms with Gasteiger partial charge in [0.1, 0.15) is 5.75 Å². The number of pyridine rings is 6. The second kappa shape index (κ2) is 22.2. The molecule has 0 saturated carbocycles. The fourth-order valence-electron chi connectivity index (χ4n) is 7.48. The van der Waals surface area contributed by atoms with Crippen LogP contribution in [0.25, 0.3) is 67.8 Å². The summed E-state index contributed by atoms with van der Waals surface area (Å²) in [7, 11) is 0. The highest BCUT2D eigenvalue weighted by Gasteiger charge is 2.15. The van der Waals surface area contributed by atoms with Crippen LogP contribution in [0.15, 0.2) is 140 Å². The average molecular weight is 781 g/mol. The normalized spacial score (nSPS) is 11.1. The topological polar surface area (TPSA) is 86.6 Å². The van der Waals surface area contributed by atoms with Crippen LogP contribution in [-0.4, -0.2) is 36.5 Å². The summed E-state index contributed by atoms with van der Waals surface area (Å²) in [5.74, 6) is 0.818. The number of nitrogens with zero attached hydrogens (tertiary/aromatic N) is 6. The summed E-state index contributed by atoms with van der Waals surface area (Å²) in [4.78, 5) is 28.7. The van der Waals surface area contributed by atoms with Gasteiger partial charge in [-0.05, 0) is 120 Å². The van der Waals surface area contributed by atoms with Crippen LogP contribution in [0, 0.1) is 0 Å². The molecule has 0 spiro atoms. The summed E-state index contributed by atoms with van der Waals surface area (Å²) in [6, 6.07) is 38.6. The molecule has 0 aliphatic heterocycles. The molecule has 0 aliphatic carbocycles. The Kier molecular flexibility index (Phi) is 15.4. The van der Waals surface area contributed by atoms with E-state index in [1.54, 1.807) is 24.8 Å². The van der Waals surface area contributed by atoms with E-state index in [0.717, 1.165) is 80.0 Å². The molecule has 0 atom stereocenters. The highest BCUT2D eigenvalue weighted by atomic mass is 16.5. The van der Waals surface area contributed by atoms with Gasteiger partial charge in [0, 0.05) is 24.8 Å². The number of rotatable bonds is 22. The first-order valence-corrected chi connectivity index (χ1v) is 21.7. The molecule has 0 aliphatic rings. The van der Waals surface area contributed by atoms with Crippen molar-refractivity contribution in [1.29, 1.82) is 0 Å². The van der Waals surface area contributed by atoms with E-state index >= 15 is 0 Å². The van der Waals surface area contributed by atoms with E-state index in [2.05, 4.69) is 69.3 Å². The predicted octanol–water partition coefficient (Wildman–Crippen LogP) is 13.9. The molecule has 6 heterocycles. The molecule has 7 rings (SSSR count). The van der Waals surface area contributed by atoms with Gasteiger partial charge in [0.25, 0.3) is 0 Å². The number of ether oxygens (including phenoxy) is 1. The second-order valence-corrected chi connectivity index (χ2v) is 15.3. The Hall–Kier alpha value is -6.08. The molecule has 0 radical (unpaired) electrons. The Morgan fingerprint density at radius 1 is 0.339 bits per heavy atom. The van der Waals surface area contributed by atoms with Crippen LogP contribution in [0.4, 0.5) is 0 Å². The number of aromatic nitrogens is 6. The molecule has 0 fully saturated rings. The molecule has 6 aromatic heterocycles. The number of hydrogen-bond donors (Lipinski definition) is 0. The van der Waals surface area contributed by atoms with Crippen LogP contribution in [0.3, 0.4) is 0 Å². The second-order valence-electron chi connectivity index (χ2n) is 15.3. The van der Waals surface area contributed by atoms with Gasteiger partial charge >= 0.3 is 0 Å². The minimum Gasteiger partial charge on any atom is -0.494 e. The Balaban J connectivity index is 1.15. The first-order chi connectivity index (χ1) is 29.2. The van der Waals surface area contributed by atoms with Gasteiger partial charge < -0.3 is 4.74 Å². The van der Waals surface area contributed by atoms with Gasteiger partial charge in [0.15, 0.2) is 0 Å². The molecule has 0 unspecified atom stereocenters. The van der Waals surface area contributed by atoms with Crippen molar-refractivity contribution < 1.29 is 4.74 Å². The summed E-state index contributed by atoms with van der Waals surface area (Å²) in [5, 5.41) is 0. The standard InChI is InChI=1S/C52H56N6O/c1-2-3-4-5-6-7-8-9-10-11-12-13-14-23-32-59-44-34-40(42-36-49(45-24-15-19-28-53-45)57-50(37-42)46-25-16-20-29-54-46)33-41(35-44)43-38-51(47-26-17-21-30-55-47)58-52(39-43)48-27-18-22-31-56-48/h15-22,24-31,33-39H,2-14,23,32H2,1H3. The summed E-state index contributed by atoms with van der Waals surface area (Å²) in [6.45, 7) is 2.94. The molecular formula is C52H56N6O. The maximum atomic E-state index is 6.62. The van der Waals surface area contributed by atoms with Crippen LogP contribution in [0.5, 0.6) is 5.75 Å². The van der Waals surface area contributed by atoms with Crippen LogP contribution >= 0.6 is 0 Å². The van der Waals surface area contributed by atoms with Crippen LogP contribution < -0.4 is 4.74 Å². The maximum absolute atomic E-state index is 6.62. The molecule has 0 saturated heterocycles. The fraction of sp³-hybridized carbons (Fsp3) is 0.308. The summed E-state index contributed by atoms with van der Waals surface area (Å²) >= 11 is 0. The SMILES string of the molecule is CCCCCCCCCCCCCCCCOc1cc(-c2cc(-c3ccccn3)nc(-c3ccccn3)c2)cc(-c2cc(-c3ccccn3)nc(-c3ccccn3)c2)c1. The summed E-state index contributed by atoms with van der Waals surface area (Å²) < 4.78 is 6.62. The lowest BCUT2D eigenvalue weighted by atomic mass is 9.96. The van der Waals surface area contributed by atoms with Crippen molar-refractivity contribution in [2.24, 2.45) is 0 Å². The van der Waals surface area contributed by atoms with E-state index in [1.807, 2.05) is 72.8 Å². The van der Waals surface area contributed by atoms with E-state index in [-0.39, 0.29) is 0 Å². The Bertz CT molecular complexity index is 2040. The summed E-state index contributed by atoms with van der Waals surface area (Å²) in [6.07, 6.45) is 25.7. The summed E-state index contributed by atoms with van der Waals surface area (Å²) in [5.41, 5.74) is 10.3. The van der Waals surface area contributed by atoms with Gasteiger partial charge in [-0.15, -0.1) is 0 Å². The smallest absolute Gasteiger partial charge is 0.120 e. The monoisotopic (exact) mass is 780 g/mol. The lowest BCUT2D eigenvalue weighted by molar-refractivity contribution is 0.304. The van der Waals surface area contributed by atoms with E-state index < -0.39 is 0 Å². The van der Waals surface area contributed by atoms with Gasteiger partial charge in [-0.1, -0.05) is 115 Å². The van der Waals surface area contributed by atoms with Crippen LogP contribution in [-0.2, 0) is 0 Å². The molecule has 0 bridgehead atoms. The Labute approximate surface area is 350 Å². The van der Waals surface area contributed by atoms with E-state index in [1.165, 1.54) is 83.5 Å². The Morgan fingerprint density at radius 2 is 0.661 bits per heavy atom. The first kappa shape index (κ1) is 41.1. The highest BCUT2D eigenvalue weighted by molar-refractivity contribution is 5.82. The number of hydrogen-bond acceptors (Lipinski definition) is 7. The van der Waals surface area contributed by atoms with Crippen LogP contribution in [0.2, 0.25) is 0 Å². The third-order valence-electron chi connectivity index (χ3n) is 10.7. The van der Waals surface area contributed by atoms with E-state index in [0.29, 0.717) is 6.61 Å². The van der Waals surface area contributed by atoms with Crippen molar-refractivity contribution in [3.63, 3.8) is 0 Å². The van der Waals surface area contributed by atoms with E-state index in [4.69, 9.17) is 14.7 Å². The fourth-order valence-corrected chi connectivity index (χ4v) is 7.48. The zero-order chi connectivity index (χ0) is 40.3. The highest BCUT2D eigenvalue weighted by Crippen LogP contribution is 2.37. The molecule has 0 amide bonds. The van der Waals surface area contributed by atoms with Gasteiger partial charge in [-0.2, -0.15) is 0 Å². The van der Waals surface area contributed by atoms with Crippen molar-refractivity contribution in [2.75, 3.05) is 6.61 Å². The average Bonchev–Trinajstić information content (AvgIpc) is 3.31. The molecule has 1 aromatic carbocycles. The molecular weight excluding hydrogens is 725 g/mol. The molecule has 7 heteroatoms. The number of benzene rings is 1. The van der Waals surface area contributed by atoms with Gasteiger partial charge in [0.05, 0.1) is 52.2 Å². The Morgan fingerprint density at radius 3 is 0.983 bits per heavy atom. The van der Waals surface area contributed by atoms with Gasteiger partial charge in [-0.3, -0.25) is 19.9 Å². The minimum absolute atomic E-state index is 0.657. The maximum Gasteiger partial charge on any atom is 0.120 e. The first-order valence-electron chi connectivity index (χ1n) is 21.7. The largest absolute Gasteiger partial charge is 0.494 e. The third kappa shape index (κ3) is 12.2. The van der Waals surface area contributed by atoms with Crippen molar-refractivity contribution in [2.45, 2.75) is 96.8 Å². The number of unbranched alkanes of at least 4 members (excludes halogenated alkanes) is 13. The van der Waals surface area contributed by atoms with Gasteiger partial charge in [-0.25, -0.2) is 9.97 Å². The molecule has 7 nitrogen and oxygen atoms in total. The zero-order valence-corrected chi connectivity index (χ0v) is 34.5. The van der Waals surface area contributed by atoms with Crippen LogP contribution in [0.1, 0.15) is 96.8 Å². The van der Waals surface area contributed by atoms with Crippen molar-refractivity contribution >= 4 is 0 Å².